The van der Waals surface area contributed by atoms with E-state index in [2.05, 4.69) is 46.6 Å². The highest BCUT2D eigenvalue weighted by atomic mass is 15.3. The van der Waals surface area contributed by atoms with Crippen LogP contribution in [0, 0.1) is 6.92 Å². The van der Waals surface area contributed by atoms with Gasteiger partial charge in [0.15, 0.2) is 0 Å². The van der Waals surface area contributed by atoms with Crippen molar-refractivity contribution in [1.82, 2.24) is 20.1 Å². The number of benzene rings is 1. The van der Waals surface area contributed by atoms with E-state index >= 15 is 0 Å². The second-order valence-electron chi connectivity index (χ2n) is 3.82. The van der Waals surface area contributed by atoms with Gasteiger partial charge in [0.05, 0.1) is 6.54 Å². The third-order valence-corrected chi connectivity index (χ3v) is 2.40. The Labute approximate surface area is 95.3 Å². The molecule has 1 aromatic carbocycles. The van der Waals surface area contributed by atoms with Crippen LogP contribution in [0.4, 0.5) is 0 Å². The third kappa shape index (κ3) is 3.17. The van der Waals surface area contributed by atoms with Gasteiger partial charge in [0.25, 0.3) is 0 Å². The molecule has 84 valence electrons. The van der Waals surface area contributed by atoms with E-state index in [0.717, 1.165) is 19.6 Å². The molecular weight excluding hydrogens is 200 g/mol. The van der Waals surface area contributed by atoms with Gasteiger partial charge in [-0.05, 0) is 12.5 Å². The van der Waals surface area contributed by atoms with Crippen LogP contribution in [0.1, 0.15) is 11.1 Å². The molecule has 1 aromatic heterocycles. The molecule has 0 bridgehead atoms. The fraction of sp³-hybridized carbons (Fsp3) is 0.333. The fourth-order valence-electron chi connectivity index (χ4n) is 1.60. The minimum absolute atomic E-state index is 0.853. The average Bonchev–Trinajstić information content (AvgIpc) is 2.77. The smallest absolute Gasteiger partial charge is 0.137 e. The molecule has 0 spiro atoms. The average molecular weight is 216 g/mol. The number of hydrogen-bond donors (Lipinski definition) is 1. The SMILES string of the molecule is Cc1cccc(CNCCn2cncn2)c1. The van der Waals surface area contributed by atoms with Gasteiger partial charge in [-0.1, -0.05) is 29.8 Å². The molecule has 0 saturated carbocycles. The second kappa shape index (κ2) is 5.42. The van der Waals surface area contributed by atoms with E-state index in [1.807, 2.05) is 4.68 Å². The van der Waals surface area contributed by atoms with Gasteiger partial charge in [-0.2, -0.15) is 5.10 Å². The van der Waals surface area contributed by atoms with Crippen molar-refractivity contribution in [2.75, 3.05) is 6.54 Å². The zero-order chi connectivity index (χ0) is 11.2. The van der Waals surface area contributed by atoms with Crippen LogP contribution in [0.3, 0.4) is 0 Å². The van der Waals surface area contributed by atoms with Gasteiger partial charge in [-0.25, -0.2) is 4.98 Å². The van der Waals surface area contributed by atoms with Crippen LogP contribution in [0.25, 0.3) is 0 Å². The monoisotopic (exact) mass is 216 g/mol. The molecule has 0 fully saturated rings. The Kier molecular flexibility index (Phi) is 3.66. The summed E-state index contributed by atoms with van der Waals surface area (Å²) in [5.74, 6) is 0. The number of aryl methyl sites for hydroxylation is 1. The first-order valence-corrected chi connectivity index (χ1v) is 5.43. The summed E-state index contributed by atoms with van der Waals surface area (Å²) < 4.78 is 1.82. The van der Waals surface area contributed by atoms with E-state index in [0.29, 0.717) is 0 Å². The van der Waals surface area contributed by atoms with Crippen molar-refractivity contribution in [3.63, 3.8) is 0 Å². The summed E-state index contributed by atoms with van der Waals surface area (Å²) >= 11 is 0. The summed E-state index contributed by atoms with van der Waals surface area (Å²) in [6.07, 6.45) is 3.29. The van der Waals surface area contributed by atoms with Crippen molar-refractivity contribution in [1.29, 1.82) is 0 Å². The molecule has 1 heterocycles. The van der Waals surface area contributed by atoms with Crippen LogP contribution in [-0.4, -0.2) is 21.3 Å². The summed E-state index contributed by atoms with van der Waals surface area (Å²) in [4.78, 5) is 3.89. The maximum atomic E-state index is 4.04. The summed E-state index contributed by atoms with van der Waals surface area (Å²) in [6, 6.07) is 8.53. The normalized spacial score (nSPS) is 10.6. The topological polar surface area (TPSA) is 42.7 Å². The summed E-state index contributed by atoms with van der Waals surface area (Å²) in [5, 5.41) is 7.42. The lowest BCUT2D eigenvalue weighted by atomic mass is 10.1. The molecule has 0 aliphatic rings. The Morgan fingerprint density at radius 2 is 2.31 bits per heavy atom. The largest absolute Gasteiger partial charge is 0.311 e. The van der Waals surface area contributed by atoms with Gasteiger partial charge < -0.3 is 5.32 Å². The maximum Gasteiger partial charge on any atom is 0.137 e. The fourth-order valence-corrected chi connectivity index (χ4v) is 1.60. The Bertz CT molecular complexity index is 422. The Morgan fingerprint density at radius 3 is 3.06 bits per heavy atom. The predicted octanol–water partition coefficient (Wildman–Crippen LogP) is 1.38. The van der Waals surface area contributed by atoms with E-state index < -0.39 is 0 Å². The summed E-state index contributed by atoms with van der Waals surface area (Å²) in [5.41, 5.74) is 2.62. The van der Waals surface area contributed by atoms with Gasteiger partial charge in [0.1, 0.15) is 12.7 Å². The van der Waals surface area contributed by atoms with Crippen LogP contribution in [0.15, 0.2) is 36.9 Å². The second-order valence-corrected chi connectivity index (χ2v) is 3.82. The van der Waals surface area contributed by atoms with Crippen molar-refractivity contribution >= 4 is 0 Å². The lowest BCUT2D eigenvalue weighted by molar-refractivity contribution is 0.553. The highest BCUT2D eigenvalue weighted by Crippen LogP contribution is 2.02. The lowest BCUT2D eigenvalue weighted by Crippen LogP contribution is -2.19. The van der Waals surface area contributed by atoms with Gasteiger partial charge in [-0.15, -0.1) is 0 Å². The van der Waals surface area contributed by atoms with E-state index in [9.17, 15) is 0 Å². The molecule has 0 saturated heterocycles. The molecule has 0 radical (unpaired) electrons. The third-order valence-electron chi connectivity index (χ3n) is 2.40. The number of nitrogens with zero attached hydrogens (tertiary/aromatic N) is 3. The standard InChI is InChI=1S/C12H16N4/c1-11-3-2-4-12(7-11)8-13-5-6-16-10-14-9-15-16/h2-4,7,9-10,13H,5-6,8H2,1H3. The predicted molar refractivity (Wildman–Crippen MR) is 62.9 cm³/mol. The zero-order valence-corrected chi connectivity index (χ0v) is 9.43. The van der Waals surface area contributed by atoms with E-state index in [-0.39, 0.29) is 0 Å². The van der Waals surface area contributed by atoms with E-state index in [4.69, 9.17) is 0 Å². The van der Waals surface area contributed by atoms with Crippen LogP contribution in [0.2, 0.25) is 0 Å². The van der Waals surface area contributed by atoms with Crippen LogP contribution in [0.5, 0.6) is 0 Å². The van der Waals surface area contributed by atoms with Crippen molar-refractivity contribution in [3.05, 3.63) is 48.0 Å². The van der Waals surface area contributed by atoms with E-state index in [1.54, 1.807) is 12.7 Å². The molecule has 2 aromatic rings. The first-order valence-electron chi connectivity index (χ1n) is 5.43. The minimum atomic E-state index is 0.853. The molecular formula is C12H16N4. The quantitative estimate of drug-likeness (QED) is 0.768. The van der Waals surface area contributed by atoms with Gasteiger partial charge in [0.2, 0.25) is 0 Å². The Balaban J connectivity index is 1.72. The summed E-state index contributed by atoms with van der Waals surface area (Å²) in [6.45, 7) is 4.76. The van der Waals surface area contributed by atoms with Gasteiger partial charge in [0, 0.05) is 13.1 Å². The molecule has 0 unspecified atom stereocenters. The molecule has 0 atom stereocenters. The number of aromatic nitrogens is 3. The van der Waals surface area contributed by atoms with Crippen LogP contribution in [-0.2, 0) is 13.1 Å². The van der Waals surface area contributed by atoms with E-state index in [1.165, 1.54) is 11.1 Å². The van der Waals surface area contributed by atoms with Crippen molar-refractivity contribution in [2.24, 2.45) is 0 Å². The molecule has 2 rings (SSSR count). The minimum Gasteiger partial charge on any atom is -0.311 e. The molecule has 16 heavy (non-hydrogen) atoms. The number of hydrogen-bond acceptors (Lipinski definition) is 3. The maximum absolute atomic E-state index is 4.04. The Hall–Kier alpha value is -1.68. The Morgan fingerprint density at radius 1 is 1.38 bits per heavy atom. The van der Waals surface area contributed by atoms with Crippen molar-refractivity contribution in [3.8, 4) is 0 Å². The summed E-state index contributed by atoms with van der Waals surface area (Å²) in [7, 11) is 0. The van der Waals surface area contributed by atoms with Gasteiger partial charge in [-0.3, -0.25) is 4.68 Å². The zero-order valence-electron chi connectivity index (χ0n) is 9.43. The number of nitrogens with one attached hydrogen (secondary N) is 1. The molecule has 4 nitrogen and oxygen atoms in total. The molecule has 0 aliphatic carbocycles. The molecule has 4 heteroatoms. The molecule has 0 aliphatic heterocycles. The van der Waals surface area contributed by atoms with Crippen LogP contribution < -0.4 is 5.32 Å². The molecule has 0 amide bonds. The van der Waals surface area contributed by atoms with Crippen molar-refractivity contribution in [2.45, 2.75) is 20.0 Å². The first-order chi connectivity index (χ1) is 7.84. The van der Waals surface area contributed by atoms with Crippen molar-refractivity contribution < 1.29 is 0 Å². The highest BCUT2D eigenvalue weighted by molar-refractivity contribution is 5.21. The lowest BCUT2D eigenvalue weighted by Gasteiger charge is -2.05. The number of rotatable bonds is 5. The molecule has 1 N–H and O–H groups in total. The van der Waals surface area contributed by atoms with Crippen LogP contribution >= 0.6 is 0 Å². The highest BCUT2D eigenvalue weighted by Gasteiger charge is 1.94. The van der Waals surface area contributed by atoms with Gasteiger partial charge >= 0.3 is 0 Å². The first kappa shape index (κ1) is 10.8.